The standard InChI is InChI=1S/C8H16N2O3/c1-13-7(11)5-10-8(12)6-3-2-4-9-6/h6-7,9,11H,2-5H2,1H3,(H,10,12). The van der Waals surface area contributed by atoms with E-state index in [9.17, 15) is 4.79 Å². The van der Waals surface area contributed by atoms with Gasteiger partial charge in [0.15, 0.2) is 6.29 Å². The zero-order valence-electron chi connectivity index (χ0n) is 7.75. The summed E-state index contributed by atoms with van der Waals surface area (Å²) in [7, 11) is 1.39. The second kappa shape index (κ2) is 5.16. The van der Waals surface area contributed by atoms with Crippen molar-refractivity contribution in [3.05, 3.63) is 0 Å². The van der Waals surface area contributed by atoms with Crippen LogP contribution in [0.15, 0.2) is 0 Å². The zero-order chi connectivity index (χ0) is 9.68. The van der Waals surface area contributed by atoms with Crippen molar-refractivity contribution in [2.45, 2.75) is 25.2 Å². The van der Waals surface area contributed by atoms with E-state index >= 15 is 0 Å². The summed E-state index contributed by atoms with van der Waals surface area (Å²) < 4.78 is 4.58. The van der Waals surface area contributed by atoms with Gasteiger partial charge in [-0.2, -0.15) is 0 Å². The minimum absolute atomic E-state index is 0.0615. The van der Waals surface area contributed by atoms with Crippen LogP contribution in [0.4, 0.5) is 0 Å². The van der Waals surface area contributed by atoms with Gasteiger partial charge in [-0.25, -0.2) is 0 Å². The largest absolute Gasteiger partial charge is 0.366 e. The first kappa shape index (κ1) is 10.4. The molecule has 2 unspecified atom stereocenters. The van der Waals surface area contributed by atoms with Crippen LogP contribution >= 0.6 is 0 Å². The number of methoxy groups -OCH3 is 1. The fourth-order valence-electron chi connectivity index (χ4n) is 1.30. The molecule has 0 bridgehead atoms. The van der Waals surface area contributed by atoms with Crippen molar-refractivity contribution < 1.29 is 14.6 Å². The topological polar surface area (TPSA) is 70.6 Å². The summed E-state index contributed by atoms with van der Waals surface area (Å²) >= 11 is 0. The molecule has 1 fully saturated rings. The van der Waals surface area contributed by atoms with Crippen LogP contribution in [0.5, 0.6) is 0 Å². The van der Waals surface area contributed by atoms with Gasteiger partial charge in [0.1, 0.15) is 0 Å². The molecule has 1 heterocycles. The maximum absolute atomic E-state index is 11.3. The number of rotatable bonds is 4. The third kappa shape index (κ3) is 3.30. The lowest BCUT2D eigenvalue weighted by Crippen LogP contribution is -2.43. The minimum atomic E-state index is -0.912. The molecule has 0 aromatic rings. The van der Waals surface area contributed by atoms with Crippen molar-refractivity contribution in [3.63, 3.8) is 0 Å². The number of amides is 1. The minimum Gasteiger partial charge on any atom is -0.366 e. The molecule has 0 aromatic heterocycles. The van der Waals surface area contributed by atoms with Crippen LogP contribution < -0.4 is 10.6 Å². The second-order valence-electron chi connectivity index (χ2n) is 3.08. The Morgan fingerprint density at radius 1 is 1.85 bits per heavy atom. The van der Waals surface area contributed by atoms with Crippen LogP contribution in [0.25, 0.3) is 0 Å². The van der Waals surface area contributed by atoms with Crippen LogP contribution in [-0.4, -0.2) is 43.5 Å². The molecule has 0 aromatic carbocycles. The van der Waals surface area contributed by atoms with E-state index < -0.39 is 6.29 Å². The maximum Gasteiger partial charge on any atom is 0.237 e. The monoisotopic (exact) mass is 188 g/mol. The summed E-state index contributed by atoms with van der Waals surface area (Å²) in [6.45, 7) is 1.04. The average molecular weight is 188 g/mol. The average Bonchev–Trinajstić information content (AvgIpc) is 2.66. The number of aliphatic hydroxyl groups is 1. The molecule has 1 aliphatic rings. The molecule has 0 aliphatic carbocycles. The number of carbonyl (C=O) groups excluding carboxylic acids is 1. The van der Waals surface area contributed by atoms with Crippen LogP contribution in [0.1, 0.15) is 12.8 Å². The molecule has 0 radical (unpaired) electrons. The Balaban J connectivity index is 2.16. The van der Waals surface area contributed by atoms with Gasteiger partial charge in [-0.05, 0) is 19.4 Å². The molecule has 1 aliphatic heterocycles. The van der Waals surface area contributed by atoms with Crippen molar-refractivity contribution in [3.8, 4) is 0 Å². The van der Waals surface area contributed by atoms with Crippen molar-refractivity contribution in [2.75, 3.05) is 20.2 Å². The van der Waals surface area contributed by atoms with Gasteiger partial charge in [0.05, 0.1) is 12.6 Å². The molecule has 0 saturated carbocycles. The van der Waals surface area contributed by atoms with Crippen molar-refractivity contribution in [1.29, 1.82) is 0 Å². The Labute approximate surface area is 77.5 Å². The summed E-state index contributed by atoms with van der Waals surface area (Å²) in [5.74, 6) is -0.0615. The van der Waals surface area contributed by atoms with Crippen LogP contribution in [0.3, 0.4) is 0 Å². The highest BCUT2D eigenvalue weighted by Crippen LogP contribution is 2.04. The molecule has 3 N–H and O–H groups in total. The Bertz CT molecular complexity index is 169. The van der Waals surface area contributed by atoms with Gasteiger partial charge in [0.2, 0.25) is 5.91 Å². The number of aliphatic hydroxyl groups excluding tert-OH is 1. The lowest BCUT2D eigenvalue weighted by atomic mass is 10.2. The van der Waals surface area contributed by atoms with Gasteiger partial charge in [0, 0.05) is 7.11 Å². The molecule has 13 heavy (non-hydrogen) atoms. The Morgan fingerprint density at radius 3 is 3.15 bits per heavy atom. The number of nitrogens with one attached hydrogen (secondary N) is 2. The third-order valence-corrected chi connectivity index (χ3v) is 2.10. The second-order valence-corrected chi connectivity index (χ2v) is 3.08. The van der Waals surface area contributed by atoms with Crippen molar-refractivity contribution in [1.82, 2.24) is 10.6 Å². The van der Waals surface area contributed by atoms with Gasteiger partial charge in [-0.1, -0.05) is 0 Å². The van der Waals surface area contributed by atoms with Gasteiger partial charge >= 0.3 is 0 Å². The smallest absolute Gasteiger partial charge is 0.237 e. The van der Waals surface area contributed by atoms with E-state index in [2.05, 4.69) is 15.4 Å². The summed E-state index contributed by atoms with van der Waals surface area (Å²) in [5.41, 5.74) is 0. The Morgan fingerprint density at radius 2 is 2.62 bits per heavy atom. The SMILES string of the molecule is COC(O)CNC(=O)C1CCCN1. The first-order valence-electron chi connectivity index (χ1n) is 4.46. The summed E-state index contributed by atoms with van der Waals surface area (Å²) in [4.78, 5) is 11.3. The highest BCUT2D eigenvalue weighted by atomic mass is 16.6. The first-order chi connectivity index (χ1) is 6.24. The van der Waals surface area contributed by atoms with Gasteiger partial charge in [-0.3, -0.25) is 4.79 Å². The molecular weight excluding hydrogens is 172 g/mol. The first-order valence-corrected chi connectivity index (χ1v) is 4.46. The van der Waals surface area contributed by atoms with E-state index in [4.69, 9.17) is 5.11 Å². The Kier molecular flexibility index (Phi) is 4.14. The van der Waals surface area contributed by atoms with E-state index in [-0.39, 0.29) is 18.5 Å². The van der Waals surface area contributed by atoms with Crippen LogP contribution in [0.2, 0.25) is 0 Å². The van der Waals surface area contributed by atoms with Crippen molar-refractivity contribution >= 4 is 5.91 Å². The van der Waals surface area contributed by atoms with E-state index in [0.717, 1.165) is 19.4 Å². The van der Waals surface area contributed by atoms with E-state index in [0.29, 0.717) is 0 Å². The molecule has 1 saturated heterocycles. The fourth-order valence-corrected chi connectivity index (χ4v) is 1.30. The molecule has 0 spiro atoms. The number of ether oxygens (including phenoxy) is 1. The molecule has 2 atom stereocenters. The maximum atomic E-state index is 11.3. The van der Waals surface area contributed by atoms with Gasteiger partial charge < -0.3 is 20.5 Å². The zero-order valence-corrected chi connectivity index (χ0v) is 7.75. The molecule has 76 valence electrons. The number of hydrogen-bond acceptors (Lipinski definition) is 4. The summed E-state index contributed by atoms with van der Waals surface area (Å²) in [6.07, 6.45) is 0.991. The lowest BCUT2D eigenvalue weighted by Gasteiger charge is -2.13. The predicted molar refractivity (Wildman–Crippen MR) is 47.1 cm³/mol. The van der Waals surface area contributed by atoms with Gasteiger partial charge in [-0.15, -0.1) is 0 Å². The normalized spacial score (nSPS) is 24.3. The fraction of sp³-hybridized carbons (Fsp3) is 0.875. The summed E-state index contributed by atoms with van der Waals surface area (Å²) in [5, 5.41) is 14.7. The van der Waals surface area contributed by atoms with Crippen LogP contribution in [-0.2, 0) is 9.53 Å². The molecule has 5 heteroatoms. The van der Waals surface area contributed by atoms with E-state index in [1.54, 1.807) is 0 Å². The van der Waals surface area contributed by atoms with Crippen molar-refractivity contribution in [2.24, 2.45) is 0 Å². The van der Waals surface area contributed by atoms with E-state index in [1.165, 1.54) is 7.11 Å². The third-order valence-electron chi connectivity index (χ3n) is 2.10. The molecule has 1 amide bonds. The Hall–Kier alpha value is -0.650. The predicted octanol–water partition coefficient (Wildman–Crippen LogP) is -1.18. The van der Waals surface area contributed by atoms with E-state index in [1.807, 2.05) is 0 Å². The highest BCUT2D eigenvalue weighted by molar-refractivity contribution is 5.81. The quantitative estimate of drug-likeness (QED) is 0.486. The number of carbonyl (C=O) groups is 1. The van der Waals surface area contributed by atoms with Gasteiger partial charge in [0.25, 0.3) is 0 Å². The lowest BCUT2D eigenvalue weighted by molar-refractivity contribution is -0.126. The number of hydrogen-bond donors (Lipinski definition) is 3. The molecular formula is C8H16N2O3. The summed E-state index contributed by atoms with van der Waals surface area (Å²) in [6, 6.07) is -0.0935. The highest BCUT2D eigenvalue weighted by Gasteiger charge is 2.21. The molecule has 1 rings (SSSR count). The molecule has 5 nitrogen and oxygen atoms in total. The van der Waals surface area contributed by atoms with Crippen LogP contribution in [0, 0.1) is 0 Å².